The van der Waals surface area contributed by atoms with Crippen LogP contribution in [-0.4, -0.2) is 13.1 Å². The molecule has 0 saturated heterocycles. The molecule has 1 nitrogen and oxygen atoms in total. The SMILES string of the molecule is CNC(Cc1c(C)cc(C)cc1C)C1CC2CC2C1. The zero-order valence-electron chi connectivity index (χ0n) is 12.8. The molecule has 0 amide bonds. The average molecular weight is 257 g/mol. The lowest BCUT2D eigenvalue weighted by Crippen LogP contribution is -2.35. The van der Waals surface area contributed by atoms with Crippen molar-refractivity contribution < 1.29 is 0 Å². The maximum absolute atomic E-state index is 3.60. The van der Waals surface area contributed by atoms with E-state index in [1.807, 2.05) is 0 Å². The second-order valence-corrected chi connectivity index (χ2v) is 6.96. The van der Waals surface area contributed by atoms with Crippen LogP contribution in [-0.2, 0) is 6.42 Å². The molecule has 1 aromatic rings. The van der Waals surface area contributed by atoms with E-state index in [9.17, 15) is 0 Å². The van der Waals surface area contributed by atoms with Gasteiger partial charge in [-0.15, -0.1) is 0 Å². The Bertz CT molecular complexity index is 444. The Labute approximate surface area is 117 Å². The molecule has 1 aromatic carbocycles. The molecule has 0 aromatic heterocycles. The molecule has 2 saturated carbocycles. The molecule has 0 heterocycles. The molecule has 3 unspecified atom stereocenters. The highest BCUT2D eigenvalue weighted by atomic mass is 14.9. The third-order valence-corrected chi connectivity index (χ3v) is 5.48. The topological polar surface area (TPSA) is 12.0 Å². The van der Waals surface area contributed by atoms with Crippen LogP contribution in [0.3, 0.4) is 0 Å². The van der Waals surface area contributed by atoms with Crippen LogP contribution in [0.4, 0.5) is 0 Å². The highest BCUT2D eigenvalue weighted by Gasteiger charge is 2.47. The van der Waals surface area contributed by atoms with E-state index in [2.05, 4.69) is 45.3 Å². The molecule has 2 aliphatic rings. The minimum Gasteiger partial charge on any atom is -0.316 e. The standard InChI is InChI=1S/C18H27N/c1-11-5-12(2)17(13(3)6-11)10-18(19-4)16-8-14-7-15(14)9-16/h5-6,14-16,18-19H,7-10H2,1-4H3. The smallest absolute Gasteiger partial charge is 0.0133 e. The minimum atomic E-state index is 0.674. The van der Waals surface area contributed by atoms with Gasteiger partial charge in [-0.25, -0.2) is 0 Å². The summed E-state index contributed by atoms with van der Waals surface area (Å²) in [5.41, 5.74) is 5.91. The van der Waals surface area contributed by atoms with Crippen LogP contribution in [0.1, 0.15) is 41.5 Å². The van der Waals surface area contributed by atoms with Gasteiger partial charge in [0.1, 0.15) is 0 Å². The Morgan fingerprint density at radius 2 is 1.63 bits per heavy atom. The van der Waals surface area contributed by atoms with Crippen LogP contribution < -0.4 is 5.32 Å². The Hall–Kier alpha value is -0.820. The summed E-state index contributed by atoms with van der Waals surface area (Å²) in [5.74, 6) is 3.08. The summed E-state index contributed by atoms with van der Waals surface area (Å²) >= 11 is 0. The predicted molar refractivity (Wildman–Crippen MR) is 81.5 cm³/mol. The second-order valence-electron chi connectivity index (χ2n) is 6.96. The lowest BCUT2D eigenvalue weighted by molar-refractivity contribution is 0.348. The Kier molecular flexibility index (Phi) is 3.42. The maximum atomic E-state index is 3.60. The van der Waals surface area contributed by atoms with E-state index >= 15 is 0 Å². The molecule has 19 heavy (non-hydrogen) atoms. The van der Waals surface area contributed by atoms with Crippen molar-refractivity contribution in [2.45, 2.75) is 52.5 Å². The first kappa shape index (κ1) is 13.2. The van der Waals surface area contributed by atoms with E-state index in [1.54, 1.807) is 5.56 Å². The number of fused-ring (bicyclic) bond motifs is 1. The number of aryl methyl sites for hydroxylation is 3. The summed E-state index contributed by atoms with van der Waals surface area (Å²) in [6.07, 6.45) is 5.67. The average Bonchev–Trinajstić information content (AvgIpc) is 2.95. The van der Waals surface area contributed by atoms with Crippen molar-refractivity contribution in [3.05, 3.63) is 34.4 Å². The minimum absolute atomic E-state index is 0.674. The second kappa shape index (κ2) is 4.94. The first-order valence-electron chi connectivity index (χ1n) is 7.82. The van der Waals surface area contributed by atoms with Gasteiger partial charge >= 0.3 is 0 Å². The van der Waals surface area contributed by atoms with E-state index < -0.39 is 0 Å². The maximum Gasteiger partial charge on any atom is 0.0133 e. The van der Waals surface area contributed by atoms with E-state index in [0.717, 1.165) is 17.8 Å². The van der Waals surface area contributed by atoms with E-state index in [0.29, 0.717) is 6.04 Å². The van der Waals surface area contributed by atoms with E-state index in [4.69, 9.17) is 0 Å². The van der Waals surface area contributed by atoms with Gasteiger partial charge in [0.25, 0.3) is 0 Å². The molecule has 3 rings (SSSR count). The van der Waals surface area contributed by atoms with Gasteiger partial charge in [-0.05, 0) is 87.9 Å². The Morgan fingerprint density at radius 1 is 1.05 bits per heavy atom. The molecule has 0 spiro atoms. The highest BCUT2D eigenvalue weighted by Crippen LogP contribution is 2.55. The van der Waals surface area contributed by atoms with Gasteiger partial charge in [0, 0.05) is 6.04 Å². The van der Waals surface area contributed by atoms with Gasteiger partial charge in [-0.2, -0.15) is 0 Å². The zero-order valence-corrected chi connectivity index (χ0v) is 12.8. The van der Waals surface area contributed by atoms with Crippen LogP contribution in [0.25, 0.3) is 0 Å². The summed E-state index contributed by atoms with van der Waals surface area (Å²) in [4.78, 5) is 0. The van der Waals surface area contributed by atoms with Crippen molar-refractivity contribution >= 4 is 0 Å². The molecular formula is C18H27N. The summed E-state index contributed by atoms with van der Waals surface area (Å²) in [6.45, 7) is 6.74. The lowest BCUT2D eigenvalue weighted by atomic mass is 9.86. The molecule has 2 fully saturated rings. The third-order valence-electron chi connectivity index (χ3n) is 5.48. The van der Waals surface area contributed by atoms with Crippen molar-refractivity contribution in [2.75, 3.05) is 7.05 Å². The molecule has 0 bridgehead atoms. The van der Waals surface area contributed by atoms with Crippen LogP contribution in [0.2, 0.25) is 0 Å². The first-order chi connectivity index (χ1) is 9.08. The number of hydrogen-bond donors (Lipinski definition) is 1. The quantitative estimate of drug-likeness (QED) is 0.865. The van der Waals surface area contributed by atoms with Gasteiger partial charge in [-0.3, -0.25) is 0 Å². The Balaban J connectivity index is 1.75. The van der Waals surface area contributed by atoms with Crippen molar-refractivity contribution in [1.82, 2.24) is 5.32 Å². The van der Waals surface area contributed by atoms with Crippen LogP contribution in [0.15, 0.2) is 12.1 Å². The van der Waals surface area contributed by atoms with Gasteiger partial charge < -0.3 is 5.32 Å². The lowest BCUT2D eigenvalue weighted by Gasteiger charge is -2.26. The fourth-order valence-electron chi connectivity index (χ4n) is 4.35. The number of nitrogens with one attached hydrogen (secondary N) is 1. The predicted octanol–water partition coefficient (Wildman–Crippen LogP) is 3.79. The number of rotatable bonds is 4. The van der Waals surface area contributed by atoms with Crippen LogP contribution in [0, 0.1) is 38.5 Å². The fourth-order valence-corrected chi connectivity index (χ4v) is 4.35. The summed E-state index contributed by atoms with van der Waals surface area (Å²) in [6, 6.07) is 5.34. The molecule has 1 N–H and O–H groups in total. The number of likely N-dealkylation sites (N-methyl/N-ethyl adjacent to an activating group) is 1. The zero-order chi connectivity index (χ0) is 13.6. The van der Waals surface area contributed by atoms with E-state index in [1.165, 1.54) is 42.4 Å². The molecule has 1 heteroatoms. The number of benzene rings is 1. The third kappa shape index (κ3) is 2.58. The summed E-state index contributed by atoms with van der Waals surface area (Å²) in [7, 11) is 2.15. The molecular weight excluding hydrogens is 230 g/mol. The van der Waals surface area contributed by atoms with Gasteiger partial charge in [0.2, 0.25) is 0 Å². The summed E-state index contributed by atoms with van der Waals surface area (Å²) in [5, 5.41) is 3.60. The molecule has 0 aliphatic heterocycles. The molecule has 3 atom stereocenters. The van der Waals surface area contributed by atoms with Gasteiger partial charge in [0.15, 0.2) is 0 Å². The van der Waals surface area contributed by atoms with Crippen molar-refractivity contribution in [3.8, 4) is 0 Å². The fraction of sp³-hybridized carbons (Fsp3) is 0.667. The monoisotopic (exact) mass is 257 g/mol. The molecule has 0 radical (unpaired) electrons. The Morgan fingerprint density at radius 3 is 2.16 bits per heavy atom. The normalized spacial score (nSPS) is 30.2. The van der Waals surface area contributed by atoms with E-state index in [-0.39, 0.29) is 0 Å². The number of hydrogen-bond acceptors (Lipinski definition) is 1. The molecule has 2 aliphatic carbocycles. The largest absolute Gasteiger partial charge is 0.316 e. The van der Waals surface area contributed by atoms with Crippen molar-refractivity contribution in [2.24, 2.45) is 17.8 Å². The highest BCUT2D eigenvalue weighted by molar-refractivity contribution is 5.38. The molecule has 104 valence electrons. The van der Waals surface area contributed by atoms with Gasteiger partial charge in [0.05, 0.1) is 0 Å². The van der Waals surface area contributed by atoms with Crippen molar-refractivity contribution in [3.63, 3.8) is 0 Å². The van der Waals surface area contributed by atoms with Crippen LogP contribution in [0.5, 0.6) is 0 Å². The summed E-state index contributed by atoms with van der Waals surface area (Å²) < 4.78 is 0. The van der Waals surface area contributed by atoms with Crippen molar-refractivity contribution in [1.29, 1.82) is 0 Å². The van der Waals surface area contributed by atoms with Gasteiger partial charge in [-0.1, -0.05) is 17.7 Å². The van der Waals surface area contributed by atoms with Crippen LogP contribution >= 0.6 is 0 Å². The first-order valence-corrected chi connectivity index (χ1v) is 7.82.